The van der Waals surface area contributed by atoms with Crippen LogP contribution in [0.2, 0.25) is 10.0 Å². The molecule has 2 aromatic rings. The van der Waals surface area contributed by atoms with Gasteiger partial charge in [-0.15, -0.1) is 0 Å². The molecule has 0 bridgehead atoms. The number of carbonyl (C=O) groups is 2. The largest absolute Gasteiger partial charge is 0.460 e. The Morgan fingerprint density at radius 2 is 1.70 bits per heavy atom. The van der Waals surface area contributed by atoms with E-state index in [1.807, 2.05) is 51.1 Å². The highest BCUT2D eigenvalue weighted by Crippen LogP contribution is 2.30. The Bertz CT molecular complexity index is 863. The van der Waals surface area contributed by atoms with E-state index in [4.69, 9.17) is 32.7 Å². The predicted octanol–water partition coefficient (Wildman–Crippen LogP) is 5.21. The number of esters is 2. The topological polar surface area (TPSA) is 64.6 Å². The van der Waals surface area contributed by atoms with Crippen molar-refractivity contribution in [3.8, 4) is 0 Å². The lowest BCUT2D eigenvalue weighted by Gasteiger charge is -2.19. The Kier molecular flexibility index (Phi) is 9.15. The fourth-order valence-electron chi connectivity index (χ4n) is 2.75. The molecule has 0 aliphatic heterocycles. The molecule has 0 atom stereocenters. The number of rotatable bonds is 9. The first kappa shape index (κ1) is 24.2. The molecule has 162 valence electrons. The van der Waals surface area contributed by atoms with E-state index in [-0.39, 0.29) is 29.6 Å². The van der Waals surface area contributed by atoms with E-state index in [9.17, 15) is 9.59 Å². The molecule has 2 rings (SSSR count). The van der Waals surface area contributed by atoms with Crippen LogP contribution in [0.1, 0.15) is 48.7 Å². The van der Waals surface area contributed by atoms with Crippen LogP contribution < -0.4 is 5.32 Å². The van der Waals surface area contributed by atoms with Gasteiger partial charge in [0.25, 0.3) is 0 Å². The van der Waals surface area contributed by atoms with Gasteiger partial charge in [0.2, 0.25) is 0 Å². The molecular weight excluding hydrogens is 425 g/mol. The summed E-state index contributed by atoms with van der Waals surface area (Å²) in [6, 6.07) is 12.8. The van der Waals surface area contributed by atoms with Gasteiger partial charge in [-0.3, -0.25) is 4.79 Å². The lowest BCUT2D eigenvalue weighted by atomic mass is 10.0. The normalized spacial score (nSPS) is 11.2. The number of carbonyl (C=O) groups excluding carboxylic acids is 2. The standard InChI is InChI=1S/C23H27Cl2NO4/c1-23(2,3)30-19(27)12-14-26-13-11-17-9-10-18(24)21(25)20(17)22(28)29-15-16-7-5-4-6-8-16/h4-10,26H,11-15H2,1-3H3. The van der Waals surface area contributed by atoms with Crippen LogP contribution in [-0.2, 0) is 27.3 Å². The zero-order valence-corrected chi connectivity index (χ0v) is 19.0. The quantitative estimate of drug-likeness (QED) is 0.418. The van der Waals surface area contributed by atoms with Crippen molar-refractivity contribution in [3.05, 3.63) is 69.2 Å². The number of benzene rings is 2. The van der Waals surface area contributed by atoms with Gasteiger partial charge in [0, 0.05) is 6.54 Å². The molecule has 1 N–H and O–H groups in total. The fraction of sp³-hybridized carbons (Fsp3) is 0.391. The van der Waals surface area contributed by atoms with Crippen LogP contribution in [0, 0.1) is 0 Å². The van der Waals surface area contributed by atoms with Crippen LogP contribution in [0.25, 0.3) is 0 Å². The minimum atomic E-state index is -0.518. The molecular formula is C23H27Cl2NO4. The lowest BCUT2D eigenvalue weighted by molar-refractivity contribution is -0.154. The van der Waals surface area contributed by atoms with Gasteiger partial charge in [0.1, 0.15) is 12.2 Å². The van der Waals surface area contributed by atoms with Crippen molar-refractivity contribution < 1.29 is 19.1 Å². The molecule has 5 nitrogen and oxygen atoms in total. The van der Waals surface area contributed by atoms with Gasteiger partial charge in [-0.25, -0.2) is 4.79 Å². The maximum Gasteiger partial charge on any atom is 0.340 e. The third kappa shape index (κ3) is 7.98. The summed E-state index contributed by atoms with van der Waals surface area (Å²) in [5, 5.41) is 3.66. The minimum Gasteiger partial charge on any atom is -0.460 e. The van der Waals surface area contributed by atoms with E-state index in [1.165, 1.54) is 0 Å². The van der Waals surface area contributed by atoms with Crippen molar-refractivity contribution in [3.63, 3.8) is 0 Å². The predicted molar refractivity (Wildman–Crippen MR) is 119 cm³/mol. The van der Waals surface area contributed by atoms with Crippen LogP contribution in [0.3, 0.4) is 0 Å². The number of ether oxygens (including phenoxy) is 2. The molecule has 0 aliphatic carbocycles. The Morgan fingerprint density at radius 3 is 2.37 bits per heavy atom. The highest BCUT2D eigenvalue weighted by Gasteiger charge is 2.20. The second kappa shape index (κ2) is 11.3. The summed E-state index contributed by atoms with van der Waals surface area (Å²) in [6.45, 7) is 6.68. The van der Waals surface area contributed by atoms with Crippen molar-refractivity contribution in [2.24, 2.45) is 0 Å². The van der Waals surface area contributed by atoms with Gasteiger partial charge < -0.3 is 14.8 Å². The number of hydrogen-bond donors (Lipinski definition) is 1. The first-order chi connectivity index (χ1) is 14.2. The Balaban J connectivity index is 1.92. The van der Waals surface area contributed by atoms with Gasteiger partial charge in [0.05, 0.1) is 22.0 Å². The summed E-state index contributed by atoms with van der Waals surface area (Å²) in [7, 11) is 0. The Labute approximate surface area is 187 Å². The van der Waals surface area contributed by atoms with Crippen molar-refractivity contribution in [2.45, 2.75) is 45.8 Å². The van der Waals surface area contributed by atoms with E-state index < -0.39 is 11.6 Å². The zero-order valence-electron chi connectivity index (χ0n) is 17.5. The summed E-state index contributed by atoms with van der Waals surface area (Å²) in [5.74, 6) is -0.773. The molecule has 7 heteroatoms. The second-order valence-corrected chi connectivity index (χ2v) is 8.58. The van der Waals surface area contributed by atoms with Gasteiger partial charge in [-0.1, -0.05) is 59.6 Å². The van der Waals surface area contributed by atoms with E-state index in [1.54, 1.807) is 12.1 Å². The maximum atomic E-state index is 12.7. The summed E-state index contributed by atoms with van der Waals surface area (Å²) >= 11 is 12.4. The summed E-state index contributed by atoms with van der Waals surface area (Å²) in [5.41, 5.74) is 1.39. The van der Waals surface area contributed by atoms with Crippen LogP contribution in [0.5, 0.6) is 0 Å². The molecule has 0 fully saturated rings. The molecule has 0 heterocycles. The fourth-order valence-corrected chi connectivity index (χ4v) is 3.16. The van der Waals surface area contributed by atoms with Crippen molar-refractivity contribution in [1.82, 2.24) is 5.32 Å². The number of nitrogens with one attached hydrogen (secondary N) is 1. The first-order valence-corrected chi connectivity index (χ1v) is 10.5. The monoisotopic (exact) mass is 451 g/mol. The van der Waals surface area contributed by atoms with Gasteiger partial charge >= 0.3 is 11.9 Å². The molecule has 0 aromatic heterocycles. The van der Waals surface area contributed by atoms with Gasteiger partial charge in [-0.05, 0) is 50.9 Å². The van der Waals surface area contributed by atoms with E-state index in [0.717, 1.165) is 11.1 Å². The second-order valence-electron chi connectivity index (χ2n) is 7.79. The van der Waals surface area contributed by atoms with Crippen LogP contribution >= 0.6 is 23.2 Å². The highest BCUT2D eigenvalue weighted by atomic mass is 35.5. The van der Waals surface area contributed by atoms with Crippen LogP contribution in [-0.4, -0.2) is 30.6 Å². The summed E-state index contributed by atoms with van der Waals surface area (Å²) in [6.07, 6.45) is 0.797. The van der Waals surface area contributed by atoms with Crippen molar-refractivity contribution in [1.29, 1.82) is 0 Å². The molecule has 0 aliphatic rings. The molecule has 0 saturated carbocycles. The van der Waals surface area contributed by atoms with E-state index >= 15 is 0 Å². The maximum absolute atomic E-state index is 12.7. The smallest absolute Gasteiger partial charge is 0.340 e. The van der Waals surface area contributed by atoms with Crippen molar-refractivity contribution >= 4 is 35.1 Å². The van der Waals surface area contributed by atoms with Crippen molar-refractivity contribution in [2.75, 3.05) is 13.1 Å². The molecule has 0 saturated heterocycles. The van der Waals surface area contributed by atoms with Gasteiger partial charge in [0.15, 0.2) is 0 Å². The molecule has 0 unspecified atom stereocenters. The third-order valence-corrected chi connectivity index (χ3v) is 4.90. The van der Waals surface area contributed by atoms with Gasteiger partial charge in [-0.2, -0.15) is 0 Å². The molecule has 0 radical (unpaired) electrons. The summed E-state index contributed by atoms with van der Waals surface area (Å²) in [4.78, 5) is 24.4. The highest BCUT2D eigenvalue weighted by molar-refractivity contribution is 6.43. The Morgan fingerprint density at radius 1 is 1.00 bits per heavy atom. The first-order valence-electron chi connectivity index (χ1n) is 9.78. The lowest BCUT2D eigenvalue weighted by Crippen LogP contribution is -2.27. The van der Waals surface area contributed by atoms with E-state index in [0.29, 0.717) is 24.5 Å². The molecule has 30 heavy (non-hydrogen) atoms. The SMILES string of the molecule is CC(C)(C)OC(=O)CCNCCc1ccc(Cl)c(Cl)c1C(=O)OCc1ccccc1. The summed E-state index contributed by atoms with van der Waals surface area (Å²) < 4.78 is 10.7. The average molecular weight is 452 g/mol. The van der Waals surface area contributed by atoms with Crippen LogP contribution in [0.15, 0.2) is 42.5 Å². The molecule has 2 aromatic carbocycles. The third-order valence-electron chi connectivity index (χ3n) is 4.10. The zero-order chi connectivity index (χ0) is 22.1. The molecule has 0 spiro atoms. The van der Waals surface area contributed by atoms with E-state index in [2.05, 4.69) is 5.32 Å². The number of halogens is 2. The average Bonchev–Trinajstić information content (AvgIpc) is 2.68. The Hall–Kier alpha value is -2.08. The number of hydrogen-bond acceptors (Lipinski definition) is 5. The molecule has 0 amide bonds. The minimum absolute atomic E-state index is 0.149. The van der Waals surface area contributed by atoms with Crippen LogP contribution in [0.4, 0.5) is 0 Å².